The molecule has 0 aromatic heterocycles. The number of hydrogen-bond donors (Lipinski definition) is 2. The van der Waals surface area contributed by atoms with Crippen molar-refractivity contribution < 1.29 is 4.79 Å². The molecule has 1 rings (SSSR count). The summed E-state index contributed by atoms with van der Waals surface area (Å²) in [5.74, 6) is 0.480. The van der Waals surface area contributed by atoms with Crippen LogP contribution >= 0.6 is 0 Å². The van der Waals surface area contributed by atoms with E-state index in [2.05, 4.69) is 36.6 Å². The van der Waals surface area contributed by atoms with Crippen LogP contribution in [0.3, 0.4) is 0 Å². The largest absolute Gasteiger partial charge is 0.353 e. The maximum absolute atomic E-state index is 12.0. The van der Waals surface area contributed by atoms with E-state index in [1.54, 1.807) is 0 Å². The van der Waals surface area contributed by atoms with E-state index in [9.17, 15) is 4.79 Å². The van der Waals surface area contributed by atoms with E-state index in [0.29, 0.717) is 5.92 Å². The molecule has 3 nitrogen and oxygen atoms in total. The van der Waals surface area contributed by atoms with Gasteiger partial charge in [0, 0.05) is 12.1 Å². The molecule has 0 radical (unpaired) electrons. The fourth-order valence-corrected chi connectivity index (χ4v) is 2.09. The Hall–Kier alpha value is -1.35. The molecule has 0 spiro atoms. The Bertz CT molecular complexity index is 387. The van der Waals surface area contributed by atoms with Crippen molar-refractivity contribution in [3.8, 4) is 0 Å². The molecule has 1 aromatic carbocycles. The molecule has 0 aliphatic carbocycles. The van der Waals surface area contributed by atoms with Gasteiger partial charge in [0.2, 0.25) is 5.91 Å². The van der Waals surface area contributed by atoms with E-state index in [4.69, 9.17) is 0 Å². The van der Waals surface area contributed by atoms with Gasteiger partial charge in [-0.3, -0.25) is 10.1 Å². The van der Waals surface area contributed by atoms with Crippen molar-refractivity contribution in [1.29, 1.82) is 0 Å². The summed E-state index contributed by atoms with van der Waals surface area (Å²) in [7, 11) is 0. The van der Waals surface area contributed by atoms with Crippen molar-refractivity contribution in [2.45, 2.75) is 52.7 Å². The third-order valence-corrected chi connectivity index (χ3v) is 3.08. The van der Waals surface area contributed by atoms with Crippen molar-refractivity contribution in [3.05, 3.63) is 35.9 Å². The van der Waals surface area contributed by atoms with Crippen molar-refractivity contribution in [2.24, 2.45) is 5.92 Å². The number of carbonyl (C=O) groups excluding carboxylic acids is 1. The maximum atomic E-state index is 12.0. The smallest absolute Gasteiger partial charge is 0.237 e. The second kappa shape index (κ2) is 7.29. The summed E-state index contributed by atoms with van der Waals surface area (Å²) in [6.45, 7) is 10.2. The standard InChI is InChI=1S/C16H26N2O/c1-11(2)15(14-9-7-6-8-10-14)18-13(5)16(19)17-12(3)4/h6-13,15,18H,1-5H3,(H,17,19). The van der Waals surface area contributed by atoms with Crippen LogP contribution in [0, 0.1) is 5.92 Å². The van der Waals surface area contributed by atoms with Crippen molar-refractivity contribution in [3.63, 3.8) is 0 Å². The van der Waals surface area contributed by atoms with Gasteiger partial charge < -0.3 is 5.32 Å². The van der Waals surface area contributed by atoms with Crippen molar-refractivity contribution in [1.82, 2.24) is 10.6 Å². The minimum absolute atomic E-state index is 0.0524. The molecular weight excluding hydrogens is 236 g/mol. The first kappa shape index (κ1) is 15.7. The fourth-order valence-electron chi connectivity index (χ4n) is 2.09. The van der Waals surface area contributed by atoms with Crippen molar-refractivity contribution in [2.75, 3.05) is 0 Å². The van der Waals surface area contributed by atoms with Gasteiger partial charge in [-0.1, -0.05) is 44.2 Å². The number of amides is 1. The molecule has 0 saturated carbocycles. The lowest BCUT2D eigenvalue weighted by Gasteiger charge is -2.27. The molecule has 19 heavy (non-hydrogen) atoms. The van der Waals surface area contributed by atoms with Crippen LogP contribution in [-0.4, -0.2) is 18.0 Å². The summed E-state index contributed by atoms with van der Waals surface area (Å²) < 4.78 is 0. The van der Waals surface area contributed by atoms with Gasteiger partial charge in [-0.2, -0.15) is 0 Å². The quantitative estimate of drug-likeness (QED) is 0.827. The number of nitrogens with one attached hydrogen (secondary N) is 2. The van der Waals surface area contributed by atoms with Gasteiger partial charge in [0.1, 0.15) is 0 Å². The van der Waals surface area contributed by atoms with Gasteiger partial charge in [0.15, 0.2) is 0 Å². The zero-order chi connectivity index (χ0) is 14.4. The van der Waals surface area contributed by atoms with Gasteiger partial charge in [-0.15, -0.1) is 0 Å². The molecule has 0 bridgehead atoms. The van der Waals surface area contributed by atoms with Gasteiger partial charge in [-0.05, 0) is 32.3 Å². The molecule has 2 atom stereocenters. The van der Waals surface area contributed by atoms with Gasteiger partial charge in [-0.25, -0.2) is 0 Å². The molecule has 0 fully saturated rings. The summed E-state index contributed by atoms with van der Waals surface area (Å²) in [6.07, 6.45) is 0. The topological polar surface area (TPSA) is 41.1 Å². The summed E-state index contributed by atoms with van der Waals surface area (Å²) in [4.78, 5) is 12.0. The molecule has 3 heteroatoms. The maximum Gasteiger partial charge on any atom is 0.237 e. The Balaban J connectivity index is 2.72. The predicted octanol–water partition coefficient (Wildman–Crippen LogP) is 2.89. The molecule has 106 valence electrons. The Labute approximate surface area is 116 Å². The average molecular weight is 262 g/mol. The van der Waals surface area contributed by atoms with Gasteiger partial charge in [0.25, 0.3) is 0 Å². The number of benzene rings is 1. The van der Waals surface area contributed by atoms with Crippen LogP contribution in [0.1, 0.15) is 46.2 Å². The fraction of sp³-hybridized carbons (Fsp3) is 0.562. The van der Waals surface area contributed by atoms with E-state index in [0.717, 1.165) is 0 Å². The normalized spacial score (nSPS) is 14.5. The molecule has 0 aliphatic heterocycles. The molecule has 2 unspecified atom stereocenters. The minimum atomic E-state index is -0.199. The van der Waals surface area contributed by atoms with Crippen LogP contribution < -0.4 is 10.6 Å². The van der Waals surface area contributed by atoms with E-state index in [1.165, 1.54) is 5.56 Å². The average Bonchev–Trinajstić information content (AvgIpc) is 2.35. The number of hydrogen-bond acceptors (Lipinski definition) is 2. The lowest BCUT2D eigenvalue weighted by molar-refractivity contribution is -0.123. The van der Waals surface area contributed by atoms with Gasteiger partial charge >= 0.3 is 0 Å². The number of carbonyl (C=O) groups is 1. The number of rotatable bonds is 6. The molecular formula is C16H26N2O. The zero-order valence-corrected chi connectivity index (χ0v) is 12.6. The first-order valence-electron chi connectivity index (χ1n) is 7.03. The monoisotopic (exact) mass is 262 g/mol. The minimum Gasteiger partial charge on any atom is -0.353 e. The van der Waals surface area contributed by atoms with Crippen LogP contribution in [0.5, 0.6) is 0 Å². The Morgan fingerprint density at radius 1 is 1.00 bits per heavy atom. The van der Waals surface area contributed by atoms with Gasteiger partial charge in [0.05, 0.1) is 6.04 Å². The highest BCUT2D eigenvalue weighted by Crippen LogP contribution is 2.21. The van der Waals surface area contributed by atoms with E-state index in [-0.39, 0.29) is 24.0 Å². The first-order chi connectivity index (χ1) is 8.91. The third-order valence-electron chi connectivity index (χ3n) is 3.08. The Morgan fingerprint density at radius 3 is 2.05 bits per heavy atom. The highest BCUT2D eigenvalue weighted by Gasteiger charge is 2.21. The Morgan fingerprint density at radius 2 is 1.58 bits per heavy atom. The predicted molar refractivity (Wildman–Crippen MR) is 79.9 cm³/mol. The zero-order valence-electron chi connectivity index (χ0n) is 12.6. The summed E-state index contributed by atoms with van der Waals surface area (Å²) >= 11 is 0. The second-order valence-corrected chi connectivity index (χ2v) is 5.68. The molecule has 0 saturated heterocycles. The van der Waals surface area contributed by atoms with Crippen LogP contribution in [0.15, 0.2) is 30.3 Å². The van der Waals surface area contributed by atoms with Crippen LogP contribution in [0.25, 0.3) is 0 Å². The summed E-state index contributed by atoms with van der Waals surface area (Å²) in [6, 6.07) is 10.4. The third kappa shape index (κ3) is 5.03. The molecule has 0 heterocycles. The molecule has 0 aliphatic rings. The lowest BCUT2D eigenvalue weighted by atomic mass is 9.95. The molecule has 2 N–H and O–H groups in total. The van der Waals surface area contributed by atoms with Crippen LogP contribution in [-0.2, 0) is 4.79 Å². The van der Waals surface area contributed by atoms with Crippen LogP contribution in [0.4, 0.5) is 0 Å². The van der Waals surface area contributed by atoms with Crippen LogP contribution in [0.2, 0.25) is 0 Å². The molecule has 1 aromatic rings. The second-order valence-electron chi connectivity index (χ2n) is 5.68. The Kier molecular flexibility index (Phi) is 6.03. The highest BCUT2D eigenvalue weighted by molar-refractivity contribution is 5.81. The summed E-state index contributed by atoms with van der Waals surface area (Å²) in [5, 5.41) is 6.36. The SMILES string of the molecule is CC(C)NC(=O)C(C)NC(c1ccccc1)C(C)C. The van der Waals surface area contributed by atoms with Crippen molar-refractivity contribution >= 4 is 5.91 Å². The van der Waals surface area contributed by atoms with E-state index in [1.807, 2.05) is 39.0 Å². The van der Waals surface area contributed by atoms with E-state index < -0.39 is 0 Å². The lowest BCUT2D eigenvalue weighted by Crippen LogP contribution is -2.46. The van der Waals surface area contributed by atoms with E-state index >= 15 is 0 Å². The summed E-state index contributed by atoms with van der Waals surface area (Å²) in [5.41, 5.74) is 1.22. The molecule has 1 amide bonds. The first-order valence-corrected chi connectivity index (χ1v) is 7.03. The highest BCUT2D eigenvalue weighted by atomic mass is 16.2.